The molecule has 1 rings (SSSR count). The molecule has 0 spiro atoms. The monoisotopic (exact) mass is 287 g/mol. The zero-order chi connectivity index (χ0) is 14.0. The molecular weight excluding hydrogens is 274 g/mol. The molecule has 0 unspecified atom stereocenters. The van der Waals surface area contributed by atoms with Gasteiger partial charge in [-0.1, -0.05) is 0 Å². The van der Waals surface area contributed by atoms with Gasteiger partial charge >= 0.3 is 11.2 Å². The minimum Gasteiger partial charge on any atom is -0.743 e. The van der Waals surface area contributed by atoms with E-state index >= 15 is 0 Å². The lowest BCUT2D eigenvalue weighted by Gasteiger charge is -2.25. The van der Waals surface area contributed by atoms with Crippen molar-refractivity contribution in [3.05, 3.63) is 0 Å². The standard InChI is InChI=1S/C9H14F2O6S/c10-9(11,18(14,15)16)5-17-8(13)6-1-3-7(12)4-2-6/h6-7,12H,1-5H2,(H,14,15,16)/p-1. The summed E-state index contributed by atoms with van der Waals surface area (Å²) < 4.78 is 60.0. The molecule has 0 bridgehead atoms. The van der Waals surface area contributed by atoms with Crippen molar-refractivity contribution in [1.29, 1.82) is 0 Å². The Morgan fingerprint density at radius 2 is 1.83 bits per heavy atom. The number of aliphatic hydroxyl groups is 1. The van der Waals surface area contributed by atoms with Crippen LogP contribution in [0.2, 0.25) is 0 Å². The number of esters is 1. The second-order valence-electron chi connectivity index (χ2n) is 4.20. The van der Waals surface area contributed by atoms with Crippen LogP contribution >= 0.6 is 0 Å². The molecule has 0 amide bonds. The Labute approximate surface area is 103 Å². The quantitative estimate of drug-likeness (QED) is 0.586. The van der Waals surface area contributed by atoms with Crippen molar-refractivity contribution < 1.29 is 36.4 Å². The molecular formula is C9H13F2O6S-. The summed E-state index contributed by atoms with van der Waals surface area (Å²) in [6.45, 7) is -1.77. The largest absolute Gasteiger partial charge is 0.743 e. The highest BCUT2D eigenvalue weighted by Crippen LogP contribution is 2.27. The summed E-state index contributed by atoms with van der Waals surface area (Å²) in [4.78, 5) is 11.3. The van der Waals surface area contributed by atoms with E-state index in [4.69, 9.17) is 0 Å². The molecule has 18 heavy (non-hydrogen) atoms. The fourth-order valence-electron chi connectivity index (χ4n) is 1.66. The van der Waals surface area contributed by atoms with Gasteiger partial charge in [-0.05, 0) is 25.7 Å². The van der Waals surface area contributed by atoms with Gasteiger partial charge in [-0.15, -0.1) is 0 Å². The van der Waals surface area contributed by atoms with Gasteiger partial charge in [0.2, 0.25) is 0 Å². The van der Waals surface area contributed by atoms with E-state index in [0.29, 0.717) is 12.8 Å². The van der Waals surface area contributed by atoms with Crippen LogP contribution in [-0.2, 0) is 19.6 Å². The molecule has 0 radical (unpaired) electrons. The number of carbonyl (C=O) groups excluding carboxylic acids is 1. The Kier molecular flexibility index (Phi) is 4.62. The summed E-state index contributed by atoms with van der Waals surface area (Å²) >= 11 is 0. The number of aliphatic hydroxyl groups excluding tert-OH is 1. The molecule has 0 aromatic heterocycles. The topological polar surface area (TPSA) is 104 Å². The van der Waals surface area contributed by atoms with E-state index < -0.39 is 40.0 Å². The molecule has 1 aliphatic carbocycles. The zero-order valence-electron chi connectivity index (χ0n) is 9.34. The van der Waals surface area contributed by atoms with Gasteiger partial charge in [0.1, 0.15) is 0 Å². The van der Waals surface area contributed by atoms with Crippen molar-refractivity contribution in [1.82, 2.24) is 0 Å². The third kappa shape index (κ3) is 3.85. The number of hydrogen-bond acceptors (Lipinski definition) is 6. The lowest BCUT2D eigenvalue weighted by Crippen LogP contribution is -2.36. The van der Waals surface area contributed by atoms with Crippen LogP contribution in [0.3, 0.4) is 0 Å². The predicted molar refractivity (Wildman–Crippen MR) is 53.6 cm³/mol. The number of rotatable bonds is 4. The molecule has 0 aromatic rings. The van der Waals surface area contributed by atoms with Crippen molar-refractivity contribution in [2.24, 2.45) is 5.92 Å². The van der Waals surface area contributed by atoms with Crippen molar-refractivity contribution in [3.8, 4) is 0 Å². The molecule has 1 saturated carbocycles. The number of halogens is 2. The van der Waals surface area contributed by atoms with Crippen LogP contribution in [0.15, 0.2) is 0 Å². The Balaban J connectivity index is 2.47. The number of ether oxygens (including phenoxy) is 1. The molecule has 1 aliphatic rings. The number of hydrogen-bond donors (Lipinski definition) is 1. The normalized spacial score (nSPS) is 25.8. The highest BCUT2D eigenvalue weighted by molar-refractivity contribution is 7.86. The molecule has 6 nitrogen and oxygen atoms in total. The third-order valence-corrected chi connectivity index (χ3v) is 3.63. The lowest BCUT2D eigenvalue weighted by atomic mass is 9.88. The SMILES string of the molecule is O=C(OCC(F)(F)S(=O)(=O)[O-])C1CCC(O)CC1. The van der Waals surface area contributed by atoms with E-state index in [-0.39, 0.29) is 12.8 Å². The van der Waals surface area contributed by atoms with Gasteiger partial charge in [0.25, 0.3) is 0 Å². The van der Waals surface area contributed by atoms with Gasteiger partial charge in [-0.25, -0.2) is 8.42 Å². The fourth-order valence-corrected chi connectivity index (χ4v) is 1.86. The molecule has 0 saturated heterocycles. The first-order valence-corrected chi connectivity index (χ1v) is 6.72. The van der Waals surface area contributed by atoms with Gasteiger partial charge in [0.05, 0.1) is 12.0 Å². The highest BCUT2D eigenvalue weighted by atomic mass is 32.2. The molecule has 0 atom stereocenters. The number of carbonyl (C=O) groups is 1. The van der Waals surface area contributed by atoms with Crippen LogP contribution in [0.25, 0.3) is 0 Å². The van der Waals surface area contributed by atoms with Crippen LogP contribution in [0.1, 0.15) is 25.7 Å². The van der Waals surface area contributed by atoms with Crippen LogP contribution in [0.5, 0.6) is 0 Å². The van der Waals surface area contributed by atoms with E-state index in [0.717, 1.165) is 0 Å². The first-order valence-electron chi connectivity index (χ1n) is 5.31. The van der Waals surface area contributed by atoms with Crippen molar-refractivity contribution in [3.63, 3.8) is 0 Å². The Morgan fingerprint density at radius 3 is 2.28 bits per heavy atom. The van der Waals surface area contributed by atoms with E-state index in [1.807, 2.05) is 0 Å². The Morgan fingerprint density at radius 1 is 1.33 bits per heavy atom. The van der Waals surface area contributed by atoms with Crippen molar-refractivity contribution in [2.45, 2.75) is 37.0 Å². The van der Waals surface area contributed by atoms with Crippen LogP contribution in [0, 0.1) is 5.92 Å². The molecule has 1 fully saturated rings. The summed E-state index contributed by atoms with van der Waals surface area (Å²) in [6, 6.07) is 0. The Hall–Kier alpha value is -0.800. The smallest absolute Gasteiger partial charge is 0.367 e. The maximum Gasteiger partial charge on any atom is 0.367 e. The average Bonchev–Trinajstić information content (AvgIpc) is 2.25. The summed E-state index contributed by atoms with van der Waals surface area (Å²) in [7, 11) is -5.84. The predicted octanol–water partition coefficient (Wildman–Crippen LogP) is 0.219. The minimum atomic E-state index is -5.84. The molecule has 0 aliphatic heterocycles. The molecule has 0 heterocycles. The van der Waals surface area contributed by atoms with Crippen LogP contribution in [-0.4, -0.2) is 42.0 Å². The van der Waals surface area contributed by atoms with Crippen LogP contribution in [0.4, 0.5) is 8.78 Å². The first-order chi connectivity index (χ1) is 8.13. The summed E-state index contributed by atoms with van der Waals surface area (Å²) in [5.41, 5.74) is 0. The van der Waals surface area contributed by atoms with Gasteiger partial charge < -0.3 is 14.4 Å². The number of alkyl halides is 2. The van der Waals surface area contributed by atoms with E-state index in [2.05, 4.69) is 4.74 Å². The highest BCUT2D eigenvalue weighted by Gasteiger charge is 2.40. The van der Waals surface area contributed by atoms with E-state index in [9.17, 15) is 31.7 Å². The van der Waals surface area contributed by atoms with E-state index in [1.165, 1.54) is 0 Å². The average molecular weight is 287 g/mol. The van der Waals surface area contributed by atoms with Crippen molar-refractivity contribution >= 4 is 16.1 Å². The third-order valence-electron chi connectivity index (χ3n) is 2.78. The van der Waals surface area contributed by atoms with Crippen molar-refractivity contribution in [2.75, 3.05) is 6.61 Å². The maximum atomic E-state index is 12.7. The van der Waals surface area contributed by atoms with Gasteiger partial charge in [0, 0.05) is 0 Å². The molecule has 0 aromatic carbocycles. The van der Waals surface area contributed by atoms with Gasteiger partial charge in [-0.2, -0.15) is 8.78 Å². The molecule has 1 N–H and O–H groups in total. The zero-order valence-corrected chi connectivity index (χ0v) is 10.2. The summed E-state index contributed by atoms with van der Waals surface area (Å²) in [5.74, 6) is -1.61. The molecule has 9 heteroatoms. The maximum absolute atomic E-state index is 12.7. The lowest BCUT2D eigenvalue weighted by molar-refractivity contribution is -0.156. The van der Waals surface area contributed by atoms with Gasteiger partial charge in [-0.3, -0.25) is 4.79 Å². The fraction of sp³-hybridized carbons (Fsp3) is 0.889. The summed E-state index contributed by atoms with van der Waals surface area (Å²) in [6.07, 6.45) is 0.773. The van der Waals surface area contributed by atoms with Crippen LogP contribution < -0.4 is 0 Å². The van der Waals surface area contributed by atoms with Gasteiger partial charge in [0.15, 0.2) is 16.7 Å². The Bertz CT molecular complexity index is 399. The second-order valence-corrected chi connectivity index (χ2v) is 5.71. The van der Waals surface area contributed by atoms with E-state index in [1.54, 1.807) is 0 Å². The minimum absolute atomic E-state index is 0.287. The first kappa shape index (κ1) is 15.3. The molecule has 106 valence electrons. The second kappa shape index (κ2) is 5.45. The summed E-state index contributed by atoms with van der Waals surface area (Å²) in [5, 5.41) is 4.57.